The third-order valence-corrected chi connectivity index (χ3v) is 2.24. The van der Waals surface area contributed by atoms with Gasteiger partial charge in [-0.2, -0.15) is 0 Å². The van der Waals surface area contributed by atoms with Gasteiger partial charge in [-0.3, -0.25) is 0 Å². The average molecular weight is 224 g/mol. The third kappa shape index (κ3) is 3.34. The van der Waals surface area contributed by atoms with Gasteiger partial charge in [0, 0.05) is 33.8 Å². The van der Waals surface area contributed by atoms with Crippen LogP contribution < -0.4 is 10.2 Å². The standard InChI is InChI=1S/C11H20N4O/c1-5-6-15(3)11-7-9(12-2)13-10(14-11)8-16-4/h7H,5-6,8H2,1-4H3,(H,12,13,14). The number of anilines is 2. The summed E-state index contributed by atoms with van der Waals surface area (Å²) in [5.41, 5.74) is 0. The van der Waals surface area contributed by atoms with Crippen molar-refractivity contribution in [2.75, 3.05) is 38.0 Å². The van der Waals surface area contributed by atoms with Gasteiger partial charge in [-0.05, 0) is 6.42 Å². The predicted molar refractivity (Wildman–Crippen MR) is 65.9 cm³/mol. The molecule has 1 rings (SSSR count). The van der Waals surface area contributed by atoms with Crippen molar-refractivity contribution in [1.29, 1.82) is 0 Å². The first-order valence-electron chi connectivity index (χ1n) is 5.47. The molecule has 0 radical (unpaired) electrons. The van der Waals surface area contributed by atoms with Crippen molar-refractivity contribution in [3.63, 3.8) is 0 Å². The van der Waals surface area contributed by atoms with Crippen LogP contribution in [0.5, 0.6) is 0 Å². The fourth-order valence-corrected chi connectivity index (χ4v) is 1.45. The van der Waals surface area contributed by atoms with Gasteiger partial charge in [0.05, 0.1) is 0 Å². The van der Waals surface area contributed by atoms with Crippen LogP contribution in [-0.2, 0) is 11.3 Å². The predicted octanol–water partition coefficient (Wildman–Crippen LogP) is 1.51. The molecule has 1 heterocycles. The molecule has 0 aliphatic rings. The minimum absolute atomic E-state index is 0.433. The summed E-state index contributed by atoms with van der Waals surface area (Å²) in [6, 6.07) is 1.94. The summed E-state index contributed by atoms with van der Waals surface area (Å²) in [6.07, 6.45) is 1.09. The molecule has 16 heavy (non-hydrogen) atoms. The van der Waals surface area contributed by atoms with Gasteiger partial charge in [0.25, 0.3) is 0 Å². The number of rotatable bonds is 6. The Morgan fingerprint density at radius 1 is 1.44 bits per heavy atom. The van der Waals surface area contributed by atoms with Gasteiger partial charge >= 0.3 is 0 Å². The molecule has 0 saturated carbocycles. The number of hydrogen-bond donors (Lipinski definition) is 1. The van der Waals surface area contributed by atoms with Gasteiger partial charge in [-0.15, -0.1) is 0 Å². The summed E-state index contributed by atoms with van der Waals surface area (Å²) < 4.78 is 5.05. The van der Waals surface area contributed by atoms with Crippen molar-refractivity contribution in [3.05, 3.63) is 11.9 Å². The van der Waals surface area contributed by atoms with Gasteiger partial charge in [-0.25, -0.2) is 9.97 Å². The van der Waals surface area contributed by atoms with Crippen molar-refractivity contribution in [2.24, 2.45) is 0 Å². The van der Waals surface area contributed by atoms with E-state index in [9.17, 15) is 0 Å². The minimum Gasteiger partial charge on any atom is -0.377 e. The Morgan fingerprint density at radius 3 is 2.75 bits per heavy atom. The first kappa shape index (κ1) is 12.7. The Hall–Kier alpha value is -1.36. The zero-order valence-electron chi connectivity index (χ0n) is 10.4. The monoisotopic (exact) mass is 224 g/mol. The largest absolute Gasteiger partial charge is 0.377 e. The molecule has 0 atom stereocenters. The molecule has 1 N–H and O–H groups in total. The smallest absolute Gasteiger partial charge is 0.158 e. The molecule has 0 aliphatic carbocycles. The second-order valence-corrected chi connectivity index (χ2v) is 3.63. The van der Waals surface area contributed by atoms with E-state index in [0.717, 1.165) is 24.6 Å². The first-order valence-corrected chi connectivity index (χ1v) is 5.47. The van der Waals surface area contributed by atoms with E-state index in [1.807, 2.05) is 20.2 Å². The molecule has 0 unspecified atom stereocenters. The Balaban J connectivity index is 2.93. The van der Waals surface area contributed by atoms with Crippen LogP contribution in [0.15, 0.2) is 6.07 Å². The average Bonchev–Trinajstić information content (AvgIpc) is 2.29. The van der Waals surface area contributed by atoms with E-state index in [4.69, 9.17) is 4.74 Å². The Kier molecular flexibility index (Phi) is 4.98. The molecule has 5 nitrogen and oxygen atoms in total. The van der Waals surface area contributed by atoms with E-state index in [-0.39, 0.29) is 0 Å². The third-order valence-electron chi connectivity index (χ3n) is 2.24. The number of ether oxygens (including phenoxy) is 1. The van der Waals surface area contributed by atoms with Crippen molar-refractivity contribution in [2.45, 2.75) is 20.0 Å². The molecule has 5 heteroatoms. The Morgan fingerprint density at radius 2 is 2.19 bits per heavy atom. The highest BCUT2D eigenvalue weighted by Gasteiger charge is 2.07. The van der Waals surface area contributed by atoms with Crippen molar-refractivity contribution in [1.82, 2.24) is 9.97 Å². The second kappa shape index (κ2) is 6.27. The lowest BCUT2D eigenvalue weighted by atomic mass is 10.4. The molecule has 0 bridgehead atoms. The van der Waals surface area contributed by atoms with Crippen molar-refractivity contribution >= 4 is 11.6 Å². The molecule has 1 aromatic rings. The highest BCUT2D eigenvalue weighted by Crippen LogP contribution is 2.15. The molecule has 0 spiro atoms. The van der Waals surface area contributed by atoms with Crippen LogP contribution in [0.3, 0.4) is 0 Å². The van der Waals surface area contributed by atoms with Crippen LogP contribution in [0.2, 0.25) is 0 Å². The summed E-state index contributed by atoms with van der Waals surface area (Å²) in [5, 5.41) is 3.03. The van der Waals surface area contributed by atoms with E-state index in [0.29, 0.717) is 12.4 Å². The Labute approximate surface area is 96.8 Å². The van der Waals surface area contributed by atoms with Crippen LogP contribution in [0.1, 0.15) is 19.2 Å². The van der Waals surface area contributed by atoms with Crippen LogP contribution >= 0.6 is 0 Å². The number of hydrogen-bond acceptors (Lipinski definition) is 5. The molecular formula is C11H20N4O. The maximum Gasteiger partial charge on any atom is 0.158 e. The summed E-state index contributed by atoms with van der Waals surface area (Å²) >= 11 is 0. The highest BCUT2D eigenvalue weighted by atomic mass is 16.5. The van der Waals surface area contributed by atoms with E-state index in [2.05, 4.69) is 27.1 Å². The number of nitrogens with zero attached hydrogens (tertiary/aromatic N) is 3. The van der Waals surface area contributed by atoms with Gasteiger partial charge in [0.2, 0.25) is 0 Å². The van der Waals surface area contributed by atoms with Crippen LogP contribution in [0.4, 0.5) is 11.6 Å². The lowest BCUT2D eigenvalue weighted by molar-refractivity contribution is 0.178. The molecule has 1 aromatic heterocycles. The number of methoxy groups -OCH3 is 1. The second-order valence-electron chi connectivity index (χ2n) is 3.63. The first-order chi connectivity index (χ1) is 7.71. The maximum absolute atomic E-state index is 5.05. The molecule has 0 aliphatic heterocycles. The molecule has 0 fully saturated rings. The van der Waals surface area contributed by atoms with Crippen molar-refractivity contribution in [3.8, 4) is 0 Å². The van der Waals surface area contributed by atoms with Crippen LogP contribution in [0.25, 0.3) is 0 Å². The lowest BCUT2D eigenvalue weighted by Gasteiger charge is -2.18. The van der Waals surface area contributed by atoms with Crippen molar-refractivity contribution < 1.29 is 4.74 Å². The van der Waals surface area contributed by atoms with Crippen LogP contribution in [0, 0.1) is 0 Å². The topological polar surface area (TPSA) is 50.3 Å². The van der Waals surface area contributed by atoms with E-state index < -0.39 is 0 Å². The summed E-state index contributed by atoms with van der Waals surface area (Å²) in [6.45, 7) is 3.56. The van der Waals surface area contributed by atoms with Crippen LogP contribution in [-0.4, -0.2) is 37.7 Å². The van der Waals surface area contributed by atoms with Gasteiger partial charge in [0.1, 0.15) is 18.2 Å². The quantitative estimate of drug-likeness (QED) is 0.793. The number of aromatic nitrogens is 2. The fourth-order valence-electron chi connectivity index (χ4n) is 1.45. The minimum atomic E-state index is 0.433. The molecule has 0 saturated heterocycles. The van der Waals surface area contributed by atoms with E-state index in [1.54, 1.807) is 7.11 Å². The van der Waals surface area contributed by atoms with Gasteiger partial charge in [0.15, 0.2) is 5.82 Å². The molecule has 0 aromatic carbocycles. The van der Waals surface area contributed by atoms with E-state index in [1.165, 1.54) is 0 Å². The number of nitrogens with one attached hydrogen (secondary N) is 1. The Bertz CT molecular complexity index is 330. The summed E-state index contributed by atoms with van der Waals surface area (Å²) in [4.78, 5) is 10.9. The molecular weight excluding hydrogens is 204 g/mol. The highest BCUT2D eigenvalue weighted by molar-refractivity contribution is 5.48. The van der Waals surface area contributed by atoms with Gasteiger partial charge in [-0.1, -0.05) is 6.92 Å². The zero-order chi connectivity index (χ0) is 12.0. The van der Waals surface area contributed by atoms with E-state index >= 15 is 0 Å². The SMILES string of the molecule is CCCN(C)c1cc(NC)nc(COC)n1. The van der Waals surface area contributed by atoms with Gasteiger partial charge < -0.3 is 15.0 Å². The summed E-state index contributed by atoms with van der Waals surface area (Å²) in [7, 11) is 5.52. The fraction of sp³-hybridized carbons (Fsp3) is 0.636. The normalized spacial score (nSPS) is 10.2. The zero-order valence-corrected chi connectivity index (χ0v) is 10.4. The molecule has 0 amide bonds. The maximum atomic E-state index is 5.05. The lowest BCUT2D eigenvalue weighted by Crippen LogP contribution is -2.20. The summed E-state index contributed by atoms with van der Waals surface area (Å²) in [5.74, 6) is 2.44. The molecule has 90 valence electrons.